The van der Waals surface area contributed by atoms with Crippen molar-refractivity contribution < 1.29 is 9.53 Å². The predicted octanol–water partition coefficient (Wildman–Crippen LogP) is -1.56. The van der Waals surface area contributed by atoms with Crippen LogP contribution in [0.4, 0.5) is 5.95 Å². The van der Waals surface area contributed by atoms with Crippen molar-refractivity contribution in [1.29, 1.82) is 0 Å². The molecule has 0 saturated carbocycles. The molecule has 0 fully saturated rings. The molecule has 2 aromatic rings. The number of anilines is 1. The van der Waals surface area contributed by atoms with Crippen molar-refractivity contribution in [1.82, 2.24) is 25.1 Å². The van der Waals surface area contributed by atoms with Gasteiger partial charge >= 0.3 is 11.7 Å². The van der Waals surface area contributed by atoms with Crippen molar-refractivity contribution in [3.8, 4) is 6.01 Å². The largest absolute Gasteiger partial charge is 0.466 e. The first-order valence-corrected chi connectivity index (χ1v) is 4.70. The number of methoxy groups -OCH3 is 1. The van der Waals surface area contributed by atoms with Crippen LogP contribution in [0.3, 0.4) is 0 Å². The molecule has 94 valence electrons. The minimum Gasteiger partial charge on any atom is -0.466 e. The number of nitrogens with zero attached hydrogens (tertiary/aromatic N) is 2. The van der Waals surface area contributed by atoms with Gasteiger partial charge in [-0.1, -0.05) is 0 Å². The van der Waals surface area contributed by atoms with E-state index in [0.717, 1.165) is 6.07 Å². The minimum absolute atomic E-state index is 0.0259. The van der Waals surface area contributed by atoms with E-state index in [1.807, 2.05) is 4.98 Å². The van der Waals surface area contributed by atoms with Gasteiger partial charge in [-0.3, -0.25) is 19.9 Å². The van der Waals surface area contributed by atoms with Gasteiger partial charge in [-0.2, -0.15) is 4.98 Å². The van der Waals surface area contributed by atoms with E-state index in [0.29, 0.717) is 0 Å². The summed E-state index contributed by atoms with van der Waals surface area (Å²) in [6, 6.07) is 0.995. The molecule has 2 aromatic heterocycles. The van der Waals surface area contributed by atoms with Crippen LogP contribution in [0, 0.1) is 0 Å². The highest BCUT2D eigenvalue weighted by Crippen LogP contribution is 2.05. The van der Waals surface area contributed by atoms with Crippen molar-refractivity contribution in [2.45, 2.75) is 0 Å². The first-order valence-electron chi connectivity index (χ1n) is 4.70. The summed E-state index contributed by atoms with van der Waals surface area (Å²) in [4.78, 5) is 41.5. The summed E-state index contributed by atoms with van der Waals surface area (Å²) in [7, 11) is 1.36. The van der Waals surface area contributed by atoms with Crippen molar-refractivity contribution in [3.63, 3.8) is 0 Å². The molecular formula is C8H8N6O4. The SMILES string of the molecule is COc1n[nH]c(NC(=O)c2cc(=O)[nH]c(=O)[nH]2)n1. The number of amides is 1. The van der Waals surface area contributed by atoms with E-state index in [1.165, 1.54) is 7.11 Å². The molecule has 2 heterocycles. The Morgan fingerprint density at radius 3 is 2.78 bits per heavy atom. The number of hydrogen-bond acceptors (Lipinski definition) is 6. The van der Waals surface area contributed by atoms with Gasteiger partial charge in [-0.15, -0.1) is 5.10 Å². The molecule has 0 bridgehead atoms. The standard InChI is InChI=1S/C8H8N6O4/c1-18-8-12-6(13-14-8)11-5(16)3-2-4(15)10-7(17)9-3/h2H,1H3,(H2,9,10,15,17)(H2,11,12,13,14,16). The van der Waals surface area contributed by atoms with E-state index in [2.05, 4.69) is 25.5 Å². The van der Waals surface area contributed by atoms with Crippen molar-refractivity contribution in [2.24, 2.45) is 0 Å². The van der Waals surface area contributed by atoms with Crippen LogP contribution >= 0.6 is 0 Å². The Bertz CT molecular complexity index is 655. The number of hydrogen-bond donors (Lipinski definition) is 4. The maximum Gasteiger partial charge on any atom is 0.336 e. The smallest absolute Gasteiger partial charge is 0.336 e. The number of aromatic amines is 3. The number of aromatic nitrogens is 5. The molecule has 0 spiro atoms. The van der Waals surface area contributed by atoms with Crippen molar-refractivity contribution in [2.75, 3.05) is 12.4 Å². The van der Waals surface area contributed by atoms with Crippen LogP contribution < -0.4 is 21.3 Å². The predicted molar refractivity (Wildman–Crippen MR) is 58.6 cm³/mol. The molecule has 10 nitrogen and oxygen atoms in total. The number of H-pyrrole nitrogens is 3. The molecule has 4 N–H and O–H groups in total. The molecule has 0 aliphatic rings. The lowest BCUT2D eigenvalue weighted by Gasteiger charge is -1.99. The third kappa shape index (κ3) is 2.42. The highest BCUT2D eigenvalue weighted by Gasteiger charge is 2.11. The monoisotopic (exact) mass is 252 g/mol. The van der Waals surface area contributed by atoms with Crippen LogP contribution in [-0.4, -0.2) is 38.2 Å². The second-order valence-electron chi connectivity index (χ2n) is 3.13. The quantitative estimate of drug-likeness (QED) is 0.519. The van der Waals surface area contributed by atoms with Gasteiger partial charge in [0.05, 0.1) is 7.11 Å². The topological polar surface area (TPSA) is 146 Å². The van der Waals surface area contributed by atoms with E-state index >= 15 is 0 Å². The van der Waals surface area contributed by atoms with Gasteiger partial charge in [0.1, 0.15) is 5.69 Å². The van der Waals surface area contributed by atoms with Gasteiger partial charge in [0, 0.05) is 6.07 Å². The molecular weight excluding hydrogens is 244 g/mol. The van der Waals surface area contributed by atoms with Crippen LogP contribution in [0.15, 0.2) is 15.7 Å². The average Bonchev–Trinajstić information content (AvgIpc) is 2.75. The van der Waals surface area contributed by atoms with Crippen molar-refractivity contribution >= 4 is 11.9 Å². The van der Waals surface area contributed by atoms with Crippen LogP contribution in [0.25, 0.3) is 0 Å². The Morgan fingerprint density at radius 1 is 1.39 bits per heavy atom. The highest BCUT2D eigenvalue weighted by atomic mass is 16.5. The zero-order valence-electron chi connectivity index (χ0n) is 9.10. The van der Waals surface area contributed by atoms with Crippen LogP contribution in [0.5, 0.6) is 6.01 Å². The lowest BCUT2D eigenvalue weighted by atomic mass is 10.4. The summed E-state index contributed by atoms with van der Waals surface area (Å²) in [6.45, 7) is 0. The molecule has 10 heteroatoms. The van der Waals surface area contributed by atoms with Crippen LogP contribution in [0.2, 0.25) is 0 Å². The van der Waals surface area contributed by atoms with E-state index in [4.69, 9.17) is 4.74 Å². The second kappa shape index (κ2) is 4.53. The third-order valence-electron chi connectivity index (χ3n) is 1.88. The lowest BCUT2D eigenvalue weighted by Crippen LogP contribution is -2.27. The Labute approximate surface area is 98.4 Å². The zero-order chi connectivity index (χ0) is 13.1. The molecule has 18 heavy (non-hydrogen) atoms. The molecule has 0 unspecified atom stereocenters. The first-order chi connectivity index (χ1) is 8.58. The highest BCUT2D eigenvalue weighted by molar-refractivity contribution is 6.01. The van der Waals surface area contributed by atoms with Gasteiger partial charge in [-0.25, -0.2) is 9.89 Å². The number of carbonyl (C=O) groups is 1. The molecule has 0 radical (unpaired) electrons. The van der Waals surface area contributed by atoms with Gasteiger partial charge in [0.15, 0.2) is 0 Å². The molecule has 0 aliphatic heterocycles. The van der Waals surface area contributed by atoms with Gasteiger partial charge in [-0.05, 0) is 0 Å². The lowest BCUT2D eigenvalue weighted by molar-refractivity contribution is 0.102. The van der Waals surface area contributed by atoms with Gasteiger partial charge in [0.25, 0.3) is 11.5 Å². The maximum absolute atomic E-state index is 11.7. The number of ether oxygens (including phenoxy) is 1. The van der Waals surface area contributed by atoms with E-state index < -0.39 is 17.2 Å². The fourth-order valence-corrected chi connectivity index (χ4v) is 1.16. The van der Waals surface area contributed by atoms with E-state index in [1.54, 1.807) is 0 Å². The normalized spacial score (nSPS) is 10.1. The summed E-state index contributed by atoms with van der Waals surface area (Å²) >= 11 is 0. The maximum atomic E-state index is 11.7. The molecule has 0 aromatic carbocycles. The van der Waals surface area contributed by atoms with Crippen molar-refractivity contribution in [3.05, 3.63) is 32.6 Å². The fourth-order valence-electron chi connectivity index (χ4n) is 1.16. The summed E-state index contributed by atoms with van der Waals surface area (Å²) in [6.07, 6.45) is 0. The summed E-state index contributed by atoms with van der Waals surface area (Å²) in [5.41, 5.74) is -1.65. The molecule has 0 saturated heterocycles. The molecule has 2 rings (SSSR count). The Balaban J connectivity index is 2.21. The summed E-state index contributed by atoms with van der Waals surface area (Å²) < 4.78 is 4.70. The van der Waals surface area contributed by atoms with Gasteiger partial charge in [0.2, 0.25) is 5.95 Å². The second-order valence-corrected chi connectivity index (χ2v) is 3.13. The molecule has 0 aliphatic carbocycles. The molecule has 1 amide bonds. The van der Waals surface area contributed by atoms with Gasteiger partial charge < -0.3 is 9.72 Å². The Hall–Kier alpha value is -2.91. The Morgan fingerprint density at radius 2 is 2.17 bits per heavy atom. The Kier molecular flexibility index (Phi) is 2.91. The zero-order valence-corrected chi connectivity index (χ0v) is 9.10. The number of rotatable bonds is 3. The third-order valence-corrected chi connectivity index (χ3v) is 1.88. The minimum atomic E-state index is -0.775. The van der Waals surface area contributed by atoms with E-state index in [9.17, 15) is 14.4 Å². The summed E-state index contributed by atoms with van der Waals surface area (Å²) in [5.74, 6) is -0.685. The molecule has 0 atom stereocenters. The van der Waals surface area contributed by atoms with E-state index in [-0.39, 0.29) is 17.7 Å². The average molecular weight is 252 g/mol. The fraction of sp³-hybridized carbons (Fsp3) is 0.125. The van der Waals surface area contributed by atoms with Crippen LogP contribution in [-0.2, 0) is 0 Å². The first kappa shape index (κ1) is 11.6. The van der Waals surface area contributed by atoms with Crippen LogP contribution in [0.1, 0.15) is 10.5 Å². The number of carbonyl (C=O) groups excluding carboxylic acids is 1. The number of nitrogens with one attached hydrogen (secondary N) is 4. The summed E-state index contributed by atoms with van der Waals surface area (Å²) in [5, 5.41) is 8.29.